The Morgan fingerprint density at radius 1 is 1.05 bits per heavy atom. The van der Waals surface area contributed by atoms with Gasteiger partial charge in [-0.2, -0.15) is 0 Å². The summed E-state index contributed by atoms with van der Waals surface area (Å²) in [7, 11) is 0. The van der Waals surface area contributed by atoms with Crippen molar-refractivity contribution < 1.29 is 34.6 Å². The molecule has 22 heavy (non-hydrogen) atoms. The lowest BCUT2D eigenvalue weighted by Crippen LogP contribution is -2.60. The summed E-state index contributed by atoms with van der Waals surface area (Å²) in [4.78, 5) is 0. The van der Waals surface area contributed by atoms with Gasteiger partial charge >= 0.3 is 0 Å². The second-order valence-corrected chi connectivity index (χ2v) is 4.89. The third kappa shape index (κ3) is 3.76. The van der Waals surface area contributed by atoms with Crippen LogP contribution in [0.5, 0.6) is 11.5 Å². The Morgan fingerprint density at radius 3 is 2.27 bits per heavy atom. The van der Waals surface area contributed by atoms with E-state index in [1.54, 1.807) is 30.3 Å². The summed E-state index contributed by atoms with van der Waals surface area (Å²) in [6.07, 6.45) is -4.89. The van der Waals surface area contributed by atoms with Gasteiger partial charge in [-0.3, -0.25) is 0 Å². The molecule has 7 heteroatoms. The molecule has 2 rings (SSSR count). The van der Waals surface area contributed by atoms with E-state index in [2.05, 4.69) is 6.58 Å². The zero-order valence-corrected chi connectivity index (χ0v) is 11.9. The molecule has 1 aromatic carbocycles. The Bertz CT molecular complexity index is 473. The number of aliphatic hydroxyl groups excluding tert-OH is 4. The minimum Gasteiger partial charge on any atom is -0.490 e. The third-order valence-electron chi connectivity index (χ3n) is 3.29. The topological polar surface area (TPSA) is 109 Å². The smallest absolute Gasteiger partial charge is 0.229 e. The fraction of sp³-hybridized carbons (Fsp3) is 0.467. The van der Waals surface area contributed by atoms with Crippen molar-refractivity contribution in [3.05, 3.63) is 36.9 Å². The van der Waals surface area contributed by atoms with Crippen molar-refractivity contribution >= 4 is 0 Å². The summed E-state index contributed by atoms with van der Waals surface area (Å²) in [5, 5.41) is 38.4. The number of benzene rings is 1. The second kappa shape index (κ2) is 7.57. The van der Waals surface area contributed by atoms with Gasteiger partial charge in [-0.15, -0.1) is 0 Å². The molecule has 0 saturated carbocycles. The van der Waals surface area contributed by atoms with Crippen LogP contribution in [-0.4, -0.2) is 64.3 Å². The van der Waals surface area contributed by atoms with E-state index in [9.17, 15) is 15.3 Å². The fourth-order valence-electron chi connectivity index (χ4n) is 2.07. The Hall–Kier alpha value is -1.64. The highest BCUT2D eigenvalue weighted by molar-refractivity contribution is 5.31. The summed E-state index contributed by atoms with van der Waals surface area (Å²) in [6.45, 7) is 3.43. The van der Waals surface area contributed by atoms with Gasteiger partial charge in [0, 0.05) is 0 Å². The van der Waals surface area contributed by atoms with E-state index in [1.165, 1.54) is 0 Å². The first-order valence-electron chi connectivity index (χ1n) is 6.87. The Kier molecular flexibility index (Phi) is 5.76. The maximum absolute atomic E-state index is 9.88. The Balaban J connectivity index is 2.01. The van der Waals surface area contributed by atoms with Gasteiger partial charge in [0.05, 0.1) is 6.61 Å². The largest absolute Gasteiger partial charge is 0.490 e. The SMILES string of the molecule is C=CCOc1ccc(O[C@H]2O[C@H](CO)[C@@H](O)[C@H](O)[C@H]2O)cc1. The van der Waals surface area contributed by atoms with Gasteiger partial charge in [-0.25, -0.2) is 0 Å². The van der Waals surface area contributed by atoms with Crippen LogP contribution in [-0.2, 0) is 4.74 Å². The van der Waals surface area contributed by atoms with E-state index in [4.69, 9.17) is 19.3 Å². The first kappa shape index (κ1) is 16.7. The number of aliphatic hydroxyl groups is 4. The molecule has 0 amide bonds. The molecule has 122 valence electrons. The lowest BCUT2D eigenvalue weighted by atomic mass is 9.99. The van der Waals surface area contributed by atoms with Crippen molar-refractivity contribution in [3.63, 3.8) is 0 Å². The lowest BCUT2D eigenvalue weighted by molar-refractivity contribution is -0.277. The van der Waals surface area contributed by atoms with E-state index >= 15 is 0 Å². The molecule has 0 aliphatic carbocycles. The van der Waals surface area contributed by atoms with E-state index in [-0.39, 0.29) is 0 Å². The Morgan fingerprint density at radius 2 is 1.68 bits per heavy atom. The Labute approximate surface area is 128 Å². The molecule has 1 aliphatic rings. The van der Waals surface area contributed by atoms with Crippen LogP contribution in [0.2, 0.25) is 0 Å². The van der Waals surface area contributed by atoms with Crippen LogP contribution in [0, 0.1) is 0 Å². The molecule has 1 saturated heterocycles. The van der Waals surface area contributed by atoms with Gasteiger partial charge in [0.2, 0.25) is 6.29 Å². The van der Waals surface area contributed by atoms with Gasteiger partial charge in [-0.05, 0) is 24.3 Å². The highest BCUT2D eigenvalue weighted by atomic mass is 16.7. The summed E-state index contributed by atoms with van der Waals surface area (Å²) in [6, 6.07) is 6.56. The second-order valence-electron chi connectivity index (χ2n) is 4.89. The highest BCUT2D eigenvalue weighted by Crippen LogP contribution is 2.25. The van der Waals surface area contributed by atoms with Gasteiger partial charge < -0.3 is 34.6 Å². The van der Waals surface area contributed by atoms with Crippen molar-refractivity contribution in [2.45, 2.75) is 30.7 Å². The highest BCUT2D eigenvalue weighted by Gasteiger charge is 2.44. The van der Waals surface area contributed by atoms with Crippen LogP contribution >= 0.6 is 0 Å². The van der Waals surface area contributed by atoms with Crippen molar-refractivity contribution in [1.29, 1.82) is 0 Å². The number of hydrogen-bond acceptors (Lipinski definition) is 7. The van der Waals surface area contributed by atoms with E-state index in [0.717, 1.165) is 0 Å². The summed E-state index contributed by atoms with van der Waals surface area (Å²) < 4.78 is 16.0. The van der Waals surface area contributed by atoms with Crippen molar-refractivity contribution in [2.24, 2.45) is 0 Å². The van der Waals surface area contributed by atoms with Crippen molar-refractivity contribution in [2.75, 3.05) is 13.2 Å². The van der Waals surface area contributed by atoms with Crippen molar-refractivity contribution in [3.8, 4) is 11.5 Å². The summed E-state index contributed by atoms with van der Waals surface area (Å²) >= 11 is 0. The molecule has 0 radical (unpaired) electrons. The molecule has 1 aromatic rings. The lowest BCUT2D eigenvalue weighted by Gasteiger charge is -2.39. The molecule has 1 fully saturated rings. The standard InChI is InChI=1S/C15H20O7/c1-2-7-20-9-3-5-10(6-4-9)21-15-14(19)13(18)12(17)11(8-16)22-15/h2-6,11-19H,1,7-8H2/t11-,12-,13+,14-,15+/m1/s1. The number of rotatable bonds is 6. The van der Waals surface area contributed by atoms with Gasteiger partial charge in [0.25, 0.3) is 0 Å². The van der Waals surface area contributed by atoms with Crippen LogP contribution in [0.1, 0.15) is 0 Å². The van der Waals surface area contributed by atoms with Crippen LogP contribution in [0.4, 0.5) is 0 Å². The molecule has 7 nitrogen and oxygen atoms in total. The van der Waals surface area contributed by atoms with Crippen LogP contribution < -0.4 is 9.47 Å². The third-order valence-corrected chi connectivity index (χ3v) is 3.29. The quantitative estimate of drug-likeness (QED) is 0.521. The van der Waals surface area contributed by atoms with E-state index in [1.807, 2.05) is 0 Å². The summed E-state index contributed by atoms with van der Waals surface area (Å²) in [5.74, 6) is 1.01. The normalized spacial score (nSPS) is 31.5. The number of hydrogen-bond donors (Lipinski definition) is 4. The summed E-state index contributed by atoms with van der Waals surface area (Å²) in [5.41, 5.74) is 0. The zero-order valence-electron chi connectivity index (χ0n) is 11.9. The molecule has 1 aliphatic heterocycles. The van der Waals surface area contributed by atoms with Gasteiger partial charge in [0.15, 0.2) is 0 Å². The first-order valence-corrected chi connectivity index (χ1v) is 6.87. The maximum atomic E-state index is 9.88. The monoisotopic (exact) mass is 312 g/mol. The minimum absolute atomic E-state index is 0.382. The molecular formula is C15H20O7. The minimum atomic E-state index is -1.47. The van der Waals surface area contributed by atoms with E-state index in [0.29, 0.717) is 18.1 Å². The molecule has 4 N–H and O–H groups in total. The number of ether oxygens (including phenoxy) is 3. The van der Waals surface area contributed by atoms with E-state index < -0.39 is 37.3 Å². The first-order chi connectivity index (χ1) is 10.6. The predicted octanol–water partition coefficient (Wildman–Crippen LogP) is -0.570. The van der Waals surface area contributed by atoms with Crippen molar-refractivity contribution in [1.82, 2.24) is 0 Å². The van der Waals surface area contributed by atoms with Crippen LogP contribution in [0.3, 0.4) is 0 Å². The fourth-order valence-corrected chi connectivity index (χ4v) is 2.07. The predicted molar refractivity (Wildman–Crippen MR) is 76.5 cm³/mol. The molecule has 5 atom stereocenters. The molecule has 0 unspecified atom stereocenters. The molecule has 0 spiro atoms. The average molecular weight is 312 g/mol. The van der Waals surface area contributed by atoms with Crippen LogP contribution in [0.25, 0.3) is 0 Å². The molecule has 1 heterocycles. The van der Waals surface area contributed by atoms with Crippen LogP contribution in [0.15, 0.2) is 36.9 Å². The molecule has 0 bridgehead atoms. The molecule has 0 aromatic heterocycles. The average Bonchev–Trinajstić information content (AvgIpc) is 2.54. The zero-order chi connectivity index (χ0) is 16.1. The van der Waals surface area contributed by atoms with Gasteiger partial charge in [0.1, 0.15) is 42.5 Å². The maximum Gasteiger partial charge on any atom is 0.229 e. The van der Waals surface area contributed by atoms with Gasteiger partial charge in [-0.1, -0.05) is 12.7 Å². The molecular weight excluding hydrogens is 292 g/mol.